The first-order chi connectivity index (χ1) is 9.17. The zero-order valence-electron chi connectivity index (χ0n) is 11.0. The monoisotopic (exact) mass is 260 g/mol. The summed E-state index contributed by atoms with van der Waals surface area (Å²) in [5.74, 6) is 0.828. The molecule has 1 aliphatic carbocycles. The number of fused-ring (bicyclic) bond motifs is 1. The van der Waals surface area contributed by atoms with Crippen LogP contribution in [0.15, 0.2) is 30.3 Å². The Morgan fingerprint density at radius 1 is 1.26 bits per heavy atom. The van der Waals surface area contributed by atoms with E-state index in [2.05, 4.69) is 5.32 Å². The average Bonchev–Trinajstić information content (AvgIpc) is 2.96. The van der Waals surface area contributed by atoms with E-state index in [4.69, 9.17) is 10.5 Å². The van der Waals surface area contributed by atoms with Crippen LogP contribution in [0.4, 0.5) is 0 Å². The van der Waals surface area contributed by atoms with Crippen molar-refractivity contribution in [3.05, 3.63) is 35.9 Å². The molecule has 102 valence electrons. The maximum absolute atomic E-state index is 12.2. The molecular weight excluding hydrogens is 240 g/mol. The first-order valence-corrected chi connectivity index (χ1v) is 6.88. The molecule has 2 unspecified atom stereocenters. The molecule has 0 aromatic heterocycles. The largest absolute Gasteiger partial charge is 0.459 e. The van der Waals surface area contributed by atoms with E-state index in [1.165, 1.54) is 0 Å². The van der Waals surface area contributed by atoms with Gasteiger partial charge in [-0.05, 0) is 43.3 Å². The van der Waals surface area contributed by atoms with Gasteiger partial charge in [-0.2, -0.15) is 0 Å². The van der Waals surface area contributed by atoms with Crippen molar-refractivity contribution in [1.82, 2.24) is 5.32 Å². The third-order valence-corrected chi connectivity index (χ3v) is 4.35. The van der Waals surface area contributed by atoms with Crippen molar-refractivity contribution in [3.63, 3.8) is 0 Å². The molecule has 0 amide bonds. The van der Waals surface area contributed by atoms with Crippen molar-refractivity contribution in [2.24, 2.45) is 17.6 Å². The van der Waals surface area contributed by atoms with Crippen molar-refractivity contribution in [2.75, 3.05) is 13.1 Å². The van der Waals surface area contributed by atoms with Gasteiger partial charge in [-0.3, -0.25) is 4.79 Å². The summed E-state index contributed by atoms with van der Waals surface area (Å²) in [6.45, 7) is 2.28. The van der Waals surface area contributed by atoms with Crippen molar-refractivity contribution < 1.29 is 9.53 Å². The second-order valence-electron chi connectivity index (χ2n) is 5.80. The topological polar surface area (TPSA) is 64.4 Å². The Labute approximate surface area is 113 Å². The lowest BCUT2D eigenvalue weighted by Crippen LogP contribution is -2.47. The van der Waals surface area contributed by atoms with Crippen LogP contribution in [-0.2, 0) is 16.1 Å². The molecule has 2 aliphatic rings. The fourth-order valence-corrected chi connectivity index (χ4v) is 3.32. The van der Waals surface area contributed by atoms with Gasteiger partial charge in [0.2, 0.25) is 0 Å². The molecule has 0 bridgehead atoms. The Morgan fingerprint density at radius 3 is 2.53 bits per heavy atom. The Balaban J connectivity index is 1.58. The molecule has 4 heteroatoms. The number of nitrogens with one attached hydrogen (secondary N) is 1. The predicted octanol–water partition coefficient (Wildman–Crippen LogP) is 1.06. The lowest BCUT2D eigenvalue weighted by atomic mass is 9.97. The summed E-state index contributed by atoms with van der Waals surface area (Å²) < 4.78 is 5.40. The van der Waals surface area contributed by atoms with E-state index in [1.807, 2.05) is 30.3 Å². The molecule has 1 heterocycles. The van der Waals surface area contributed by atoms with Gasteiger partial charge in [0.05, 0.1) is 0 Å². The maximum atomic E-state index is 12.2. The molecule has 2 atom stereocenters. The first-order valence-electron chi connectivity index (χ1n) is 6.88. The molecular formula is C15H20N2O2. The highest BCUT2D eigenvalue weighted by molar-refractivity contribution is 5.81. The van der Waals surface area contributed by atoms with Crippen LogP contribution in [-0.4, -0.2) is 24.6 Å². The highest BCUT2D eigenvalue weighted by Gasteiger charge is 2.50. The van der Waals surface area contributed by atoms with Gasteiger partial charge in [0.1, 0.15) is 12.1 Å². The lowest BCUT2D eigenvalue weighted by molar-refractivity contribution is -0.151. The van der Waals surface area contributed by atoms with E-state index >= 15 is 0 Å². The van der Waals surface area contributed by atoms with Crippen LogP contribution in [0.5, 0.6) is 0 Å². The molecule has 1 aromatic carbocycles. The summed E-state index contributed by atoms with van der Waals surface area (Å²) in [7, 11) is 0. The third-order valence-electron chi connectivity index (χ3n) is 4.35. The average molecular weight is 260 g/mol. The quantitative estimate of drug-likeness (QED) is 0.798. The van der Waals surface area contributed by atoms with Crippen LogP contribution in [0.3, 0.4) is 0 Å². The van der Waals surface area contributed by atoms with Gasteiger partial charge >= 0.3 is 5.97 Å². The molecule has 0 spiro atoms. The molecule has 1 aromatic rings. The third kappa shape index (κ3) is 2.51. The predicted molar refractivity (Wildman–Crippen MR) is 72.2 cm³/mol. The SMILES string of the molecule is NC1(C(=O)OCc2ccccc2)CC2CNCC2C1. The van der Waals surface area contributed by atoms with Crippen LogP contribution in [0.1, 0.15) is 18.4 Å². The van der Waals surface area contributed by atoms with Gasteiger partial charge < -0.3 is 15.8 Å². The van der Waals surface area contributed by atoms with Crippen LogP contribution < -0.4 is 11.1 Å². The second-order valence-corrected chi connectivity index (χ2v) is 5.80. The Bertz CT molecular complexity index is 448. The van der Waals surface area contributed by atoms with Crippen LogP contribution in [0.25, 0.3) is 0 Å². The minimum absolute atomic E-state index is 0.245. The number of rotatable bonds is 3. The number of nitrogens with two attached hydrogens (primary N) is 1. The zero-order valence-corrected chi connectivity index (χ0v) is 11.0. The number of hydrogen-bond donors (Lipinski definition) is 2. The van der Waals surface area contributed by atoms with Crippen LogP contribution >= 0.6 is 0 Å². The van der Waals surface area contributed by atoms with E-state index in [-0.39, 0.29) is 5.97 Å². The fourth-order valence-electron chi connectivity index (χ4n) is 3.32. The summed E-state index contributed by atoms with van der Waals surface area (Å²) in [6, 6.07) is 9.72. The van der Waals surface area contributed by atoms with Crippen molar-refractivity contribution in [3.8, 4) is 0 Å². The summed E-state index contributed by atoms with van der Waals surface area (Å²) in [6.07, 6.45) is 1.50. The van der Waals surface area contributed by atoms with Gasteiger partial charge in [0.25, 0.3) is 0 Å². The van der Waals surface area contributed by atoms with E-state index in [0.29, 0.717) is 18.4 Å². The molecule has 0 radical (unpaired) electrons. The van der Waals surface area contributed by atoms with Gasteiger partial charge in [-0.25, -0.2) is 0 Å². The van der Waals surface area contributed by atoms with Crippen molar-refractivity contribution in [1.29, 1.82) is 0 Å². The number of hydrogen-bond acceptors (Lipinski definition) is 4. The Morgan fingerprint density at radius 2 is 1.89 bits per heavy atom. The highest BCUT2D eigenvalue weighted by atomic mass is 16.5. The van der Waals surface area contributed by atoms with Crippen LogP contribution in [0.2, 0.25) is 0 Å². The molecule has 1 aliphatic heterocycles. The fraction of sp³-hybridized carbons (Fsp3) is 0.533. The van der Waals surface area contributed by atoms with Gasteiger partial charge in [-0.1, -0.05) is 30.3 Å². The molecule has 19 heavy (non-hydrogen) atoms. The smallest absolute Gasteiger partial charge is 0.326 e. The first kappa shape index (κ1) is 12.6. The highest BCUT2D eigenvalue weighted by Crippen LogP contribution is 2.40. The number of esters is 1. The van der Waals surface area contributed by atoms with Crippen LogP contribution in [0, 0.1) is 11.8 Å². The molecule has 2 fully saturated rings. The zero-order chi connectivity index (χ0) is 13.3. The molecule has 4 nitrogen and oxygen atoms in total. The van der Waals surface area contributed by atoms with Gasteiger partial charge in [0, 0.05) is 0 Å². The van der Waals surface area contributed by atoms with E-state index < -0.39 is 5.54 Å². The number of benzene rings is 1. The van der Waals surface area contributed by atoms with Crippen molar-refractivity contribution >= 4 is 5.97 Å². The summed E-state index contributed by atoms with van der Waals surface area (Å²) in [4.78, 5) is 12.2. The molecule has 1 saturated carbocycles. The lowest BCUT2D eigenvalue weighted by Gasteiger charge is -2.22. The van der Waals surface area contributed by atoms with Gasteiger partial charge in [0.15, 0.2) is 0 Å². The minimum atomic E-state index is -0.772. The molecule has 1 saturated heterocycles. The minimum Gasteiger partial charge on any atom is -0.459 e. The normalized spacial score (nSPS) is 33.1. The number of ether oxygens (including phenoxy) is 1. The number of carbonyl (C=O) groups excluding carboxylic acids is 1. The summed E-state index contributed by atoms with van der Waals surface area (Å²) in [5, 5.41) is 3.35. The molecule has 3 rings (SSSR count). The van der Waals surface area contributed by atoms with E-state index in [9.17, 15) is 4.79 Å². The number of carbonyl (C=O) groups is 1. The summed E-state index contributed by atoms with van der Waals surface area (Å²) >= 11 is 0. The Kier molecular flexibility index (Phi) is 3.29. The Hall–Kier alpha value is -1.39. The standard InChI is InChI=1S/C15H20N2O2/c16-15(6-12-8-17-9-13(12)7-15)14(18)19-10-11-4-2-1-3-5-11/h1-5,12-13,17H,6-10,16H2. The summed E-state index contributed by atoms with van der Waals surface area (Å²) in [5.41, 5.74) is 6.48. The van der Waals surface area contributed by atoms with Gasteiger partial charge in [-0.15, -0.1) is 0 Å². The van der Waals surface area contributed by atoms with E-state index in [0.717, 1.165) is 31.5 Å². The van der Waals surface area contributed by atoms with Crippen molar-refractivity contribution in [2.45, 2.75) is 25.0 Å². The second kappa shape index (κ2) is 4.94. The maximum Gasteiger partial charge on any atom is 0.326 e. The van der Waals surface area contributed by atoms with E-state index in [1.54, 1.807) is 0 Å². The molecule has 3 N–H and O–H groups in total.